The molecule has 0 aliphatic carbocycles. The van der Waals surface area contributed by atoms with E-state index in [1.165, 1.54) is 38.5 Å². The largest absolute Gasteiger partial charge is 0.478 e. The average Bonchev–Trinajstić information content (AvgIpc) is 2.63. The number of hydrogen-bond acceptors (Lipinski definition) is 4. The topological polar surface area (TPSA) is 83.8 Å². The van der Waals surface area contributed by atoms with E-state index < -0.39 is 18.0 Å². The molecule has 0 aromatic carbocycles. The van der Waals surface area contributed by atoms with E-state index >= 15 is 0 Å². The third-order valence-corrected chi connectivity index (χ3v) is 4.85. The summed E-state index contributed by atoms with van der Waals surface area (Å²) in [5.41, 5.74) is 0. The SMILES string of the molecule is CCCCCCCCCCCC(=CC(=O)O)OC(=O)CC(O)CCCCCC. The van der Waals surface area contributed by atoms with Gasteiger partial charge in [0.2, 0.25) is 0 Å². The second kappa shape index (κ2) is 19.0. The van der Waals surface area contributed by atoms with Gasteiger partial charge in [0, 0.05) is 6.42 Å². The van der Waals surface area contributed by atoms with Gasteiger partial charge in [0.25, 0.3) is 0 Å². The maximum absolute atomic E-state index is 12.0. The molecule has 164 valence electrons. The molecular formula is C23H42O5. The van der Waals surface area contributed by atoms with Crippen molar-refractivity contribution in [2.45, 2.75) is 123 Å². The van der Waals surface area contributed by atoms with Crippen LogP contribution < -0.4 is 0 Å². The molecule has 0 aliphatic rings. The quantitative estimate of drug-likeness (QED) is 0.118. The lowest BCUT2D eigenvalue weighted by molar-refractivity contribution is -0.142. The van der Waals surface area contributed by atoms with Crippen LogP contribution in [0.15, 0.2) is 11.8 Å². The molecule has 0 aromatic heterocycles. The van der Waals surface area contributed by atoms with Crippen LogP contribution in [0.5, 0.6) is 0 Å². The van der Waals surface area contributed by atoms with E-state index in [-0.39, 0.29) is 12.2 Å². The first-order valence-corrected chi connectivity index (χ1v) is 11.3. The number of carbonyl (C=O) groups excluding carboxylic acids is 1. The summed E-state index contributed by atoms with van der Waals surface area (Å²) in [6.45, 7) is 4.33. The van der Waals surface area contributed by atoms with Gasteiger partial charge in [0.05, 0.1) is 18.6 Å². The van der Waals surface area contributed by atoms with Crippen LogP contribution in [-0.2, 0) is 14.3 Å². The molecule has 2 N–H and O–H groups in total. The number of carbonyl (C=O) groups is 2. The van der Waals surface area contributed by atoms with E-state index in [9.17, 15) is 14.7 Å². The molecule has 0 aromatic rings. The van der Waals surface area contributed by atoms with Crippen molar-refractivity contribution < 1.29 is 24.5 Å². The van der Waals surface area contributed by atoms with Crippen molar-refractivity contribution in [2.24, 2.45) is 0 Å². The number of aliphatic hydroxyl groups is 1. The number of carboxylic acid groups (broad SMARTS) is 1. The van der Waals surface area contributed by atoms with Crippen molar-refractivity contribution in [3.8, 4) is 0 Å². The van der Waals surface area contributed by atoms with Crippen LogP contribution in [0.1, 0.15) is 117 Å². The number of aliphatic carboxylic acids is 1. The number of ether oxygens (including phenoxy) is 1. The fourth-order valence-electron chi connectivity index (χ4n) is 3.19. The molecule has 0 bridgehead atoms. The van der Waals surface area contributed by atoms with Gasteiger partial charge in [0.15, 0.2) is 0 Å². The van der Waals surface area contributed by atoms with Gasteiger partial charge in [-0.1, -0.05) is 90.9 Å². The lowest BCUT2D eigenvalue weighted by atomic mass is 10.1. The average molecular weight is 399 g/mol. The first-order valence-electron chi connectivity index (χ1n) is 11.3. The van der Waals surface area contributed by atoms with Crippen LogP contribution in [-0.4, -0.2) is 28.3 Å². The number of hydrogen-bond donors (Lipinski definition) is 2. The van der Waals surface area contributed by atoms with Crippen molar-refractivity contribution in [3.05, 3.63) is 11.8 Å². The van der Waals surface area contributed by atoms with Gasteiger partial charge in [-0.05, 0) is 12.8 Å². The highest BCUT2D eigenvalue weighted by Gasteiger charge is 2.14. The van der Waals surface area contributed by atoms with E-state index in [1.807, 2.05) is 0 Å². The standard InChI is InChI=1S/C23H42O5/c1-3-5-7-9-10-11-12-13-15-17-21(19-22(25)26)28-23(27)18-20(24)16-14-8-6-4-2/h19-20,24H,3-18H2,1-2H3,(H,25,26). The van der Waals surface area contributed by atoms with E-state index in [2.05, 4.69) is 13.8 Å². The molecule has 0 spiro atoms. The Morgan fingerprint density at radius 3 is 1.86 bits per heavy atom. The van der Waals surface area contributed by atoms with Gasteiger partial charge in [-0.15, -0.1) is 0 Å². The Hall–Kier alpha value is -1.36. The summed E-state index contributed by atoms with van der Waals surface area (Å²) in [6.07, 6.45) is 15.9. The third kappa shape index (κ3) is 18.0. The first kappa shape index (κ1) is 26.6. The van der Waals surface area contributed by atoms with E-state index in [1.54, 1.807) is 0 Å². The predicted molar refractivity (Wildman–Crippen MR) is 113 cm³/mol. The molecule has 0 amide bonds. The zero-order valence-electron chi connectivity index (χ0n) is 18.1. The minimum absolute atomic E-state index is 0.0825. The molecule has 0 heterocycles. The van der Waals surface area contributed by atoms with Crippen LogP contribution in [0.25, 0.3) is 0 Å². The summed E-state index contributed by atoms with van der Waals surface area (Å²) < 4.78 is 5.21. The molecule has 0 aliphatic heterocycles. The second-order valence-electron chi connectivity index (χ2n) is 7.71. The fraction of sp³-hybridized carbons (Fsp3) is 0.826. The molecule has 1 unspecified atom stereocenters. The Morgan fingerprint density at radius 2 is 1.32 bits per heavy atom. The summed E-state index contributed by atoms with van der Waals surface area (Å²) in [5.74, 6) is -1.47. The minimum atomic E-state index is -1.11. The van der Waals surface area contributed by atoms with E-state index in [0.29, 0.717) is 12.8 Å². The zero-order valence-corrected chi connectivity index (χ0v) is 18.1. The maximum Gasteiger partial charge on any atom is 0.331 e. The number of esters is 1. The van der Waals surface area contributed by atoms with Gasteiger partial charge < -0.3 is 14.9 Å². The molecule has 0 radical (unpaired) electrons. The highest BCUT2D eigenvalue weighted by Crippen LogP contribution is 2.16. The Bertz CT molecular complexity index is 431. The molecule has 0 fully saturated rings. The first-order chi connectivity index (χ1) is 13.5. The maximum atomic E-state index is 12.0. The molecule has 0 saturated carbocycles. The van der Waals surface area contributed by atoms with Crippen LogP contribution in [0.4, 0.5) is 0 Å². The van der Waals surface area contributed by atoms with Crippen molar-refractivity contribution in [1.29, 1.82) is 0 Å². The Labute approximate surface area is 171 Å². The summed E-state index contributed by atoms with van der Waals surface area (Å²) in [5, 5.41) is 18.9. The Balaban J connectivity index is 4.04. The molecule has 1 atom stereocenters. The van der Waals surface area contributed by atoms with Gasteiger partial charge in [-0.3, -0.25) is 4.79 Å². The van der Waals surface area contributed by atoms with Crippen molar-refractivity contribution in [3.63, 3.8) is 0 Å². The highest BCUT2D eigenvalue weighted by atomic mass is 16.5. The predicted octanol–water partition coefficient (Wildman–Crippen LogP) is 6.14. The zero-order chi connectivity index (χ0) is 21.0. The van der Waals surface area contributed by atoms with E-state index in [4.69, 9.17) is 9.84 Å². The Morgan fingerprint density at radius 1 is 0.821 bits per heavy atom. The molecule has 5 nitrogen and oxygen atoms in total. The summed E-state index contributed by atoms with van der Waals surface area (Å²) in [7, 11) is 0. The van der Waals surface area contributed by atoms with Gasteiger partial charge in [-0.25, -0.2) is 4.79 Å². The van der Waals surface area contributed by atoms with Crippen LogP contribution >= 0.6 is 0 Å². The van der Waals surface area contributed by atoms with Crippen LogP contribution in [0, 0.1) is 0 Å². The summed E-state index contributed by atoms with van der Waals surface area (Å²) >= 11 is 0. The number of carboxylic acids is 1. The molecule has 5 heteroatoms. The number of rotatable bonds is 19. The molecule has 28 heavy (non-hydrogen) atoms. The molecule has 0 saturated heterocycles. The number of aliphatic hydroxyl groups excluding tert-OH is 1. The Kier molecular flexibility index (Phi) is 18.1. The summed E-state index contributed by atoms with van der Waals surface area (Å²) in [6, 6.07) is 0. The fourth-order valence-corrected chi connectivity index (χ4v) is 3.19. The van der Waals surface area contributed by atoms with Crippen LogP contribution in [0.2, 0.25) is 0 Å². The normalized spacial score (nSPS) is 12.8. The van der Waals surface area contributed by atoms with Crippen molar-refractivity contribution in [2.75, 3.05) is 0 Å². The lowest BCUT2D eigenvalue weighted by Gasteiger charge is -2.12. The van der Waals surface area contributed by atoms with Gasteiger partial charge >= 0.3 is 11.9 Å². The minimum Gasteiger partial charge on any atom is -0.478 e. The smallest absolute Gasteiger partial charge is 0.331 e. The van der Waals surface area contributed by atoms with Gasteiger partial charge in [-0.2, -0.15) is 0 Å². The lowest BCUT2D eigenvalue weighted by Crippen LogP contribution is -2.16. The van der Waals surface area contributed by atoms with Crippen molar-refractivity contribution >= 4 is 11.9 Å². The third-order valence-electron chi connectivity index (χ3n) is 4.85. The molecular weight excluding hydrogens is 356 g/mol. The molecule has 0 rings (SSSR count). The summed E-state index contributed by atoms with van der Waals surface area (Å²) in [4.78, 5) is 22.9. The number of unbranched alkanes of at least 4 members (excludes halogenated alkanes) is 11. The van der Waals surface area contributed by atoms with E-state index in [0.717, 1.165) is 51.0 Å². The van der Waals surface area contributed by atoms with Gasteiger partial charge in [0.1, 0.15) is 5.76 Å². The van der Waals surface area contributed by atoms with Crippen molar-refractivity contribution in [1.82, 2.24) is 0 Å². The monoisotopic (exact) mass is 398 g/mol. The number of allylic oxidation sites excluding steroid dienone is 1. The second-order valence-corrected chi connectivity index (χ2v) is 7.71. The van der Waals surface area contributed by atoms with Crippen LogP contribution in [0.3, 0.4) is 0 Å². The highest BCUT2D eigenvalue weighted by molar-refractivity contribution is 5.81.